The smallest absolute Gasteiger partial charge is 0.208 e. The molecule has 1 fully saturated rings. The van der Waals surface area contributed by atoms with Gasteiger partial charge in [0.2, 0.25) is 15.6 Å². The van der Waals surface area contributed by atoms with Crippen LogP contribution in [0.2, 0.25) is 4.34 Å². The first kappa shape index (κ1) is 22.4. The highest BCUT2D eigenvalue weighted by Crippen LogP contribution is 2.34. The minimum absolute atomic E-state index is 0.0773. The van der Waals surface area contributed by atoms with Crippen molar-refractivity contribution >= 4 is 55.0 Å². The summed E-state index contributed by atoms with van der Waals surface area (Å²) in [6, 6.07) is 10.5. The van der Waals surface area contributed by atoms with Crippen LogP contribution in [0.1, 0.15) is 33.6 Å². The summed E-state index contributed by atoms with van der Waals surface area (Å²) in [4.78, 5) is 17.7. The number of halogens is 1. The second-order valence-electron chi connectivity index (χ2n) is 7.43. The molecule has 0 saturated carbocycles. The first-order chi connectivity index (χ1) is 14.9. The number of benzene rings is 1. The zero-order valence-corrected chi connectivity index (χ0v) is 20.0. The van der Waals surface area contributed by atoms with Gasteiger partial charge in [0.05, 0.1) is 15.4 Å². The van der Waals surface area contributed by atoms with Crippen LogP contribution in [-0.4, -0.2) is 37.6 Å². The Labute approximate surface area is 194 Å². The zero-order chi connectivity index (χ0) is 22.0. The van der Waals surface area contributed by atoms with Crippen LogP contribution >= 0.6 is 34.3 Å². The van der Waals surface area contributed by atoms with Gasteiger partial charge in [-0.1, -0.05) is 47.2 Å². The van der Waals surface area contributed by atoms with Gasteiger partial charge in [0.15, 0.2) is 5.13 Å². The Morgan fingerprint density at radius 2 is 1.94 bits per heavy atom. The fourth-order valence-corrected chi connectivity index (χ4v) is 8.09. The Balaban J connectivity index is 1.62. The highest BCUT2D eigenvalue weighted by molar-refractivity contribution is 7.94. The van der Waals surface area contributed by atoms with E-state index in [0.717, 1.165) is 42.8 Å². The van der Waals surface area contributed by atoms with E-state index in [1.54, 1.807) is 18.2 Å². The molecular weight excluding hydrogens is 474 g/mol. The Morgan fingerprint density at radius 3 is 2.61 bits per heavy atom. The van der Waals surface area contributed by atoms with Crippen LogP contribution in [0.3, 0.4) is 0 Å². The van der Waals surface area contributed by atoms with Gasteiger partial charge in [-0.25, -0.2) is 13.4 Å². The quantitative estimate of drug-likeness (QED) is 0.465. The number of nitrogens with zero attached hydrogens (tertiary/aromatic N) is 1. The number of carbonyl (C=O) groups excluding carboxylic acids is 1. The Hall–Kier alpha value is -1.78. The van der Waals surface area contributed by atoms with E-state index in [4.69, 9.17) is 11.6 Å². The van der Waals surface area contributed by atoms with Crippen molar-refractivity contribution < 1.29 is 13.2 Å². The average Bonchev–Trinajstić information content (AvgIpc) is 3.42. The predicted molar refractivity (Wildman–Crippen MR) is 126 cm³/mol. The lowest BCUT2D eigenvalue weighted by Crippen LogP contribution is -2.42. The molecule has 164 valence electrons. The van der Waals surface area contributed by atoms with Gasteiger partial charge in [-0.15, -0.1) is 11.3 Å². The van der Waals surface area contributed by atoms with Gasteiger partial charge in [-0.3, -0.25) is 4.79 Å². The summed E-state index contributed by atoms with van der Waals surface area (Å²) in [6.07, 6.45) is 2.97. The molecule has 3 heterocycles. The van der Waals surface area contributed by atoms with Gasteiger partial charge in [0.1, 0.15) is 9.58 Å². The number of thiophene rings is 1. The third kappa shape index (κ3) is 4.85. The number of ketones is 1. The van der Waals surface area contributed by atoms with E-state index in [1.807, 2.05) is 25.1 Å². The van der Waals surface area contributed by atoms with E-state index in [0.29, 0.717) is 19.9 Å². The van der Waals surface area contributed by atoms with E-state index < -0.39 is 15.2 Å². The molecule has 10 heteroatoms. The largest absolute Gasteiger partial charge is 0.344 e. The van der Waals surface area contributed by atoms with E-state index in [2.05, 4.69) is 15.6 Å². The Kier molecular flexibility index (Phi) is 6.78. The molecule has 0 amide bonds. The number of anilines is 1. The lowest BCUT2D eigenvalue weighted by atomic mass is 9.98. The predicted octanol–water partition coefficient (Wildman–Crippen LogP) is 4.61. The van der Waals surface area contributed by atoms with Crippen molar-refractivity contribution in [3.8, 4) is 0 Å². The average molecular weight is 496 g/mol. The molecule has 1 aromatic carbocycles. The summed E-state index contributed by atoms with van der Waals surface area (Å²) in [7, 11) is -3.67. The summed E-state index contributed by atoms with van der Waals surface area (Å²) in [5.41, 5.74) is 1.51. The molecule has 6 nitrogen and oxygen atoms in total. The van der Waals surface area contributed by atoms with E-state index in [1.165, 1.54) is 17.5 Å². The van der Waals surface area contributed by atoms with Crippen molar-refractivity contribution in [3.05, 3.63) is 62.9 Å². The maximum absolute atomic E-state index is 13.4. The number of hydrogen-bond donors (Lipinski definition) is 2. The lowest BCUT2D eigenvalue weighted by molar-refractivity contribution is 0.104. The van der Waals surface area contributed by atoms with Gasteiger partial charge in [0.25, 0.3) is 0 Å². The van der Waals surface area contributed by atoms with Gasteiger partial charge in [-0.05, 0) is 56.5 Å². The van der Waals surface area contributed by atoms with Gasteiger partial charge < -0.3 is 10.6 Å². The van der Waals surface area contributed by atoms with Crippen LogP contribution in [0.25, 0.3) is 0 Å². The number of nitrogens with one attached hydrogen (secondary N) is 2. The molecule has 0 radical (unpaired) electrons. The molecule has 2 N–H and O–H groups in total. The number of sulfone groups is 1. The Bertz CT molecular complexity index is 1180. The Morgan fingerprint density at radius 1 is 1.19 bits per heavy atom. The monoisotopic (exact) mass is 495 g/mol. The van der Waals surface area contributed by atoms with Crippen LogP contribution in [0.4, 0.5) is 5.13 Å². The van der Waals surface area contributed by atoms with E-state index >= 15 is 0 Å². The molecule has 4 rings (SSSR count). The van der Waals surface area contributed by atoms with Gasteiger partial charge in [0, 0.05) is 5.56 Å². The van der Waals surface area contributed by atoms with Crippen molar-refractivity contribution in [2.24, 2.45) is 5.92 Å². The third-order valence-corrected chi connectivity index (χ3v) is 10.1. The summed E-state index contributed by atoms with van der Waals surface area (Å²) in [5.74, 6) is -0.193. The topological polar surface area (TPSA) is 88.2 Å². The van der Waals surface area contributed by atoms with Crippen molar-refractivity contribution in [1.82, 2.24) is 10.3 Å². The molecule has 1 unspecified atom stereocenters. The zero-order valence-electron chi connectivity index (χ0n) is 16.8. The molecule has 1 aliphatic rings. The molecule has 3 aromatic rings. The number of piperidine rings is 1. The second kappa shape index (κ2) is 9.38. The van der Waals surface area contributed by atoms with Crippen LogP contribution in [-0.2, 0) is 9.84 Å². The minimum Gasteiger partial charge on any atom is -0.344 e. The second-order valence-corrected chi connectivity index (χ2v) is 12.5. The fraction of sp³-hybridized carbons (Fsp3) is 0.333. The van der Waals surface area contributed by atoms with Crippen molar-refractivity contribution in [3.63, 3.8) is 0 Å². The van der Waals surface area contributed by atoms with Crippen molar-refractivity contribution in [2.45, 2.75) is 29.3 Å². The maximum atomic E-state index is 13.4. The minimum atomic E-state index is -3.67. The maximum Gasteiger partial charge on any atom is 0.208 e. The SMILES string of the molecule is Cc1ccccc1C(=O)c1cnc(NC(C2CCNCC2)S(=O)(=O)c2ccc(Cl)s2)s1. The number of carbonyl (C=O) groups is 1. The number of hydrogen-bond acceptors (Lipinski definition) is 8. The number of aromatic nitrogens is 1. The van der Waals surface area contributed by atoms with Gasteiger partial charge >= 0.3 is 0 Å². The standard InChI is InChI=1S/C21H22ClN3O3S3/c1-13-4-2-3-5-15(13)19(26)16-12-24-21(29-16)25-20(14-8-10-23-11-9-14)31(27,28)18-7-6-17(22)30-18/h2-7,12,14,20,23H,8-11H2,1H3,(H,24,25). The number of rotatable bonds is 7. The third-order valence-electron chi connectivity index (χ3n) is 5.36. The summed E-state index contributed by atoms with van der Waals surface area (Å²) in [6.45, 7) is 3.41. The summed E-state index contributed by atoms with van der Waals surface area (Å²) in [5, 5.41) is 6.00. The fourth-order valence-electron chi connectivity index (χ4n) is 3.70. The molecule has 0 spiro atoms. The first-order valence-corrected chi connectivity index (χ1v) is 13.4. The molecule has 0 bridgehead atoms. The molecular formula is C21H22ClN3O3S3. The number of aryl methyl sites for hydroxylation is 1. The molecule has 31 heavy (non-hydrogen) atoms. The molecule has 0 aliphatic carbocycles. The molecule has 1 saturated heterocycles. The van der Waals surface area contributed by atoms with E-state index in [9.17, 15) is 13.2 Å². The molecule has 1 atom stereocenters. The van der Waals surface area contributed by atoms with Gasteiger partial charge in [-0.2, -0.15) is 0 Å². The first-order valence-electron chi connectivity index (χ1n) is 9.89. The summed E-state index contributed by atoms with van der Waals surface area (Å²) >= 11 is 8.24. The molecule has 1 aliphatic heterocycles. The van der Waals surface area contributed by atoms with Crippen molar-refractivity contribution in [2.75, 3.05) is 18.4 Å². The normalized spacial score (nSPS) is 16.2. The molecule has 2 aromatic heterocycles. The van der Waals surface area contributed by atoms with E-state index in [-0.39, 0.29) is 15.9 Å². The highest BCUT2D eigenvalue weighted by Gasteiger charge is 2.37. The lowest BCUT2D eigenvalue weighted by Gasteiger charge is -2.30. The summed E-state index contributed by atoms with van der Waals surface area (Å²) < 4.78 is 27.5. The van der Waals surface area contributed by atoms with Crippen LogP contribution in [0.5, 0.6) is 0 Å². The van der Waals surface area contributed by atoms with Crippen LogP contribution < -0.4 is 10.6 Å². The number of thiazole rings is 1. The van der Waals surface area contributed by atoms with Crippen LogP contribution in [0, 0.1) is 12.8 Å². The highest BCUT2D eigenvalue weighted by atomic mass is 35.5. The van der Waals surface area contributed by atoms with Crippen LogP contribution in [0.15, 0.2) is 46.8 Å². The van der Waals surface area contributed by atoms with Crippen molar-refractivity contribution in [1.29, 1.82) is 0 Å².